The molecule has 132 valence electrons. The number of imide groups is 1. The zero-order valence-corrected chi connectivity index (χ0v) is 13.8. The largest absolute Gasteiger partial charge is 0.427 e. The van der Waals surface area contributed by atoms with E-state index in [0.29, 0.717) is 6.42 Å². The summed E-state index contributed by atoms with van der Waals surface area (Å²) in [5.74, 6) is -1.48. The Bertz CT molecular complexity index is 920. The molecule has 3 rings (SSSR count). The third-order valence-electron chi connectivity index (χ3n) is 3.87. The number of esters is 1. The van der Waals surface area contributed by atoms with Crippen LogP contribution in [0.15, 0.2) is 42.5 Å². The fourth-order valence-corrected chi connectivity index (χ4v) is 2.70. The molecule has 1 aliphatic heterocycles. The number of hydrogen-bond acceptors (Lipinski definition) is 6. The zero-order chi connectivity index (χ0) is 18.8. The van der Waals surface area contributed by atoms with Crippen molar-refractivity contribution >= 4 is 29.2 Å². The number of fused-ring (bicyclic) bond motifs is 1. The summed E-state index contributed by atoms with van der Waals surface area (Å²) in [7, 11) is 0. The summed E-state index contributed by atoms with van der Waals surface area (Å²) < 4.78 is 5.12. The predicted molar refractivity (Wildman–Crippen MR) is 91.2 cm³/mol. The SMILES string of the molecule is CCCC(=O)Oc1ccc(N2C(=O)c3cccc([N+](=O)[O-])c3C2=O)cc1. The summed E-state index contributed by atoms with van der Waals surface area (Å²) in [6.45, 7) is 1.85. The third kappa shape index (κ3) is 2.92. The zero-order valence-electron chi connectivity index (χ0n) is 13.8. The van der Waals surface area contributed by atoms with E-state index in [0.717, 1.165) is 4.90 Å². The van der Waals surface area contributed by atoms with Crippen LogP contribution in [0.1, 0.15) is 40.5 Å². The van der Waals surface area contributed by atoms with Crippen molar-refractivity contribution in [1.29, 1.82) is 0 Å². The maximum atomic E-state index is 12.6. The van der Waals surface area contributed by atoms with Crippen molar-refractivity contribution in [1.82, 2.24) is 0 Å². The fraction of sp³-hybridized carbons (Fsp3) is 0.167. The number of carbonyl (C=O) groups is 3. The van der Waals surface area contributed by atoms with Crippen LogP contribution in [-0.4, -0.2) is 22.7 Å². The number of nitrogens with zero attached hydrogens (tertiary/aromatic N) is 2. The average Bonchev–Trinajstić information content (AvgIpc) is 2.87. The molecule has 0 bridgehead atoms. The number of amides is 2. The van der Waals surface area contributed by atoms with Crippen LogP contribution in [0, 0.1) is 10.1 Å². The smallest absolute Gasteiger partial charge is 0.311 e. The topological polar surface area (TPSA) is 107 Å². The Morgan fingerprint density at radius 1 is 1.12 bits per heavy atom. The Labute approximate surface area is 148 Å². The van der Waals surface area contributed by atoms with E-state index in [4.69, 9.17) is 4.74 Å². The van der Waals surface area contributed by atoms with Crippen molar-refractivity contribution in [3.8, 4) is 5.75 Å². The van der Waals surface area contributed by atoms with Gasteiger partial charge in [-0.2, -0.15) is 0 Å². The van der Waals surface area contributed by atoms with Gasteiger partial charge in [0.2, 0.25) is 0 Å². The minimum Gasteiger partial charge on any atom is -0.427 e. The van der Waals surface area contributed by atoms with Crippen LogP contribution in [0.5, 0.6) is 5.75 Å². The van der Waals surface area contributed by atoms with Gasteiger partial charge in [0, 0.05) is 12.5 Å². The highest BCUT2D eigenvalue weighted by Crippen LogP contribution is 2.34. The van der Waals surface area contributed by atoms with Gasteiger partial charge < -0.3 is 4.74 Å². The normalized spacial score (nSPS) is 12.9. The number of rotatable bonds is 5. The number of hydrogen-bond donors (Lipinski definition) is 0. The molecule has 0 N–H and O–H groups in total. The molecule has 1 heterocycles. The van der Waals surface area contributed by atoms with Gasteiger partial charge in [0.25, 0.3) is 17.5 Å². The molecule has 0 atom stereocenters. The van der Waals surface area contributed by atoms with Crippen LogP contribution >= 0.6 is 0 Å². The number of nitro groups is 1. The number of carbonyl (C=O) groups excluding carboxylic acids is 3. The van der Waals surface area contributed by atoms with Crippen LogP contribution in [0.25, 0.3) is 0 Å². The molecule has 0 fully saturated rings. The summed E-state index contributed by atoms with van der Waals surface area (Å²) in [5.41, 5.74) is -0.405. The van der Waals surface area contributed by atoms with Crippen LogP contribution < -0.4 is 9.64 Å². The van der Waals surface area contributed by atoms with Gasteiger partial charge in [-0.25, -0.2) is 4.90 Å². The lowest BCUT2D eigenvalue weighted by Crippen LogP contribution is -2.29. The first kappa shape index (κ1) is 17.3. The standard InChI is InChI=1S/C18H14N2O6/c1-2-4-15(21)26-12-9-7-11(8-10-12)19-17(22)13-5-3-6-14(20(24)25)16(13)18(19)23/h3,5-10H,2,4H2,1H3. The van der Waals surface area contributed by atoms with E-state index in [2.05, 4.69) is 0 Å². The number of nitro benzene ring substituents is 1. The average molecular weight is 354 g/mol. The first-order valence-corrected chi connectivity index (χ1v) is 7.91. The second-order valence-electron chi connectivity index (χ2n) is 5.62. The van der Waals surface area contributed by atoms with Crippen molar-refractivity contribution in [3.05, 3.63) is 63.7 Å². The van der Waals surface area contributed by atoms with Crippen molar-refractivity contribution in [2.75, 3.05) is 4.90 Å². The maximum Gasteiger partial charge on any atom is 0.311 e. The molecule has 8 heteroatoms. The molecule has 2 amide bonds. The van der Waals surface area contributed by atoms with Gasteiger partial charge in [-0.05, 0) is 36.8 Å². The molecule has 2 aromatic carbocycles. The Hall–Kier alpha value is -3.55. The second kappa shape index (κ2) is 6.75. The molecular weight excluding hydrogens is 340 g/mol. The van der Waals surface area contributed by atoms with E-state index < -0.39 is 22.4 Å². The fourth-order valence-electron chi connectivity index (χ4n) is 2.70. The maximum absolute atomic E-state index is 12.6. The van der Waals surface area contributed by atoms with Gasteiger partial charge in [-0.1, -0.05) is 13.0 Å². The van der Waals surface area contributed by atoms with Crippen LogP contribution in [0.4, 0.5) is 11.4 Å². The van der Waals surface area contributed by atoms with Crippen LogP contribution in [-0.2, 0) is 4.79 Å². The molecule has 8 nitrogen and oxygen atoms in total. The predicted octanol–water partition coefficient (Wildman–Crippen LogP) is 3.10. The Kier molecular flexibility index (Phi) is 4.49. The van der Waals surface area contributed by atoms with E-state index >= 15 is 0 Å². The van der Waals surface area contributed by atoms with Gasteiger partial charge in [0.05, 0.1) is 16.2 Å². The van der Waals surface area contributed by atoms with Crippen molar-refractivity contribution in [2.24, 2.45) is 0 Å². The number of benzene rings is 2. The molecule has 0 aromatic heterocycles. The number of ether oxygens (including phenoxy) is 1. The third-order valence-corrected chi connectivity index (χ3v) is 3.87. The lowest BCUT2D eigenvalue weighted by Gasteiger charge is -2.14. The molecule has 0 spiro atoms. The quantitative estimate of drug-likeness (QED) is 0.268. The summed E-state index contributed by atoms with van der Waals surface area (Å²) in [6.07, 6.45) is 0.939. The van der Waals surface area contributed by atoms with Crippen LogP contribution in [0.2, 0.25) is 0 Å². The highest BCUT2D eigenvalue weighted by Gasteiger charge is 2.41. The monoisotopic (exact) mass is 354 g/mol. The lowest BCUT2D eigenvalue weighted by atomic mass is 10.1. The van der Waals surface area contributed by atoms with E-state index in [1.54, 1.807) is 0 Å². The van der Waals surface area contributed by atoms with Crippen molar-refractivity contribution < 1.29 is 24.0 Å². The lowest BCUT2D eigenvalue weighted by molar-refractivity contribution is -0.385. The van der Waals surface area contributed by atoms with Gasteiger partial charge in [-0.3, -0.25) is 24.5 Å². The first-order valence-electron chi connectivity index (χ1n) is 7.91. The Morgan fingerprint density at radius 2 is 1.81 bits per heavy atom. The van der Waals surface area contributed by atoms with Gasteiger partial charge in [0.15, 0.2) is 0 Å². The molecule has 0 saturated carbocycles. The van der Waals surface area contributed by atoms with Crippen LogP contribution in [0.3, 0.4) is 0 Å². The van der Waals surface area contributed by atoms with E-state index in [-0.39, 0.29) is 35.0 Å². The van der Waals surface area contributed by atoms with E-state index in [9.17, 15) is 24.5 Å². The first-order chi connectivity index (χ1) is 12.4. The molecular formula is C18H14N2O6. The Balaban J connectivity index is 1.90. The minimum atomic E-state index is -0.756. The highest BCUT2D eigenvalue weighted by molar-refractivity contribution is 6.35. The molecule has 0 radical (unpaired) electrons. The van der Waals surface area contributed by atoms with Crippen molar-refractivity contribution in [3.63, 3.8) is 0 Å². The van der Waals surface area contributed by atoms with E-state index in [1.807, 2.05) is 6.92 Å². The minimum absolute atomic E-state index is 0.0114. The molecule has 26 heavy (non-hydrogen) atoms. The van der Waals surface area contributed by atoms with E-state index in [1.165, 1.54) is 42.5 Å². The highest BCUT2D eigenvalue weighted by atomic mass is 16.6. The number of anilines is 1. The molecule has 0 aliphatic carbocycles. The molecule has 2 aromatic rings. The molecule has 1 aliphatic rings. The van der Waals surface area contributed by atoms with Gasteiger partial charge in [-0.15, -0.1) is 0 Å². The second-order valence-corrected chi connectivity index (χ2v) is 5.62. The molecule has 0 saturated heterocycles. The Morgan fingerprint density at radius 3 is 2.42 bits per heavy atom. The summed E-state index contributed by atoms with van der Waals surface area (Å²) in [6, 6.07) is 9.74. The van der Waals surface area contributed by atoms with Gasteiger partial charge in [0.1, 0.15) is 11.3 Å². The van der Waals surface area contributed by atoms with Crippen molar-refractivity contribution in [2.45, 2.75) is 19.8 Å². The molecule has 0 unspecified atom stereocenters. The van der Waals surface area contributed by atoms with Gasteiger partial charge >= 0.3 is 5.97 Å². The summed E-state index contributed by atoms with van der Waals surface area (Å²) in [4.78, 5) is 47.9. The summed E-state index contributed by atoms with van der Waals surface area (Å²) in [5, 5.41) is 11.1. The summed E-state index contributed by atoms with van der Waals surface area (Å²) >= 11 is 0.